The Balaban J connectivity index is 1.53. The van der Waals surface area contributed by atoms with E-state index in [2.05, 4.69) is 0 Å². The van der Waals surface area contributed by atoms with Gasteiger partial charge in [0.2, 0.25) is 5.91 Å². The minimum Gasteiger partial charge on any atom is -0.478 e. The van der Waals surface area contributed by atoms with Crippen LogP contribution in [0.5, 0.6) is 0 Å². The predicted octanol–water partition coefficient (Wildman–Crippen LogP) is 3.95. The fraction of sp³-hybridized carbons (Fsp3) is 0.333. The number of carboxylic acid groups (broad SMARTS) is 1. The number of halogens is 1. The van der Waals surface area contributed by atoms with Crippen molar-refractivity contribution in [2.75, 3.05) is 6.54 Å². The van der Waals surface area contributed by atoms with Gasteiger partial charge in [-0.1, -0.05) is 35.9 Å². The summed E-state index contributed by atoms with van der Waals surface area (Å²) in [4.78, 5) is 26.3. The van der Waals surface area contributed by atoms with Crippen LogP contribution in [-0.4, -0.2) is 28.4 Å². The molecule has 134 valence electrons. The summed E-state index contributed by atoms with van der Waals surface area (Å²) in [5.74, 6) is -0.766. The van der Waals surface area contributed by atoms with Crippen molar-refractivity contribution >= 4 is 23.5 Å². The molecule has 1 aliphatic heterocycles. The van der Waals surface area contributed by atoms with Crippen LogP contribution in [-0.2, 0) is 24.2 Å². The monoisotopic (exact) mass is 369 g/mol. The van der Waals surface area contributed by atoms with Gasteiger partial charge < -0.3 is 10.0 Å². The van der Waals surface area contributed by atoms with E-state index in [0.717, 1.165) is 36.0 Å². The second-order valence-corrected chi connectivity index (χ2v) is 7.72. The summed E-state index contributed by atoms with van der Waals surface area (Å²) in [6.07, 6.45) is 3.21. The molecule has 2 aromatic rings. The van der Waals surface area contributed by atoms with Gasteiger partial charge in [0, 0.05) is 18.1 Å². The largest absolute Gasteiger partial charge is 0.478 e. The third-order valence-electron chi connectivity index (χ3n) is 5.55. The highest BCUT2D eigenvalue weighted by molar-refractivity contribution is 6.31. The lowest BCUT2D eigenvalue weighted by Crippen LogP contribution is -2.41. The second kappa shape index (κ2) is 6.44. The number of carbonyl (C=O) groups is 2. The standard InChI is InChI=1S/C21H20ClNO3/c22-18-4-2-1-3-16(18)12-21(8-9-21)20(26)23-10-7-14-5-6-15(19(24)25)11-17(14)13-23/h1-6,11H,7-10,12-13H2,(H,24,25). The van der Waals surface area contributed by atoms with Gasteiger partial charge in [-0.2, -0.15) is 0 Å². The highest BCUT2D eigenvalue weighted by Crippen LogP contribution is 2.51. The Morgan fingerprint density at radius 2 is 1.88 bits per heavy atom. The zero-order valence-corrected chi connectivity index (χ0v) is 15.1. The van der Waals surface area contributed by atoms with Gasteiger partial charge in [-0.25, -0.2) is 4.79 Å². The summed E-state index contributed by atoms with van der Waals surface area (Å²) in [6.45, 7) is 1.17. The third-order valence-corrected chi connectivity index (χ3v) is 5.92. The molecule has 1 amide bonds. The zero-order valence-electron chi connectivity index (χ0n) is 14.4. The van der Waals surface area contributed by atoms with Crippen LogP contribution < -0.4 is 0 Å². The number of nitrogens with zero attached hydrogens (tertiary/aromatic N) is 1. The summed E-state index contributed by atoms with van der Waals surface area (Å²) in [6, 6.07) is 12.9. The number of hydrogen-bond acceptors (Lipinski definition) is 2. The zero-order chi connectivity index (χ0) is 18.3. The lowest BCUT2D eigenvalue weighted by atomic mass is 9.92. The van der Waals surface area contributed by atoms with Crippen molar-refractivity contribution in [3.05, 3.63) is 69.7 Å². The molecule has 1 heterocycles. The van der Waals surface area contributed by atoms with Crippen LogP contribution in [0.4, 0.5) is 0 Å². The van der Waals surface area contributed by atoms with Crippen LogP contribution in [0.1, 0.15) is 39.9 Å². The van der Waals surface area contributed by atoms with E-state index >= 15 is 0 Å². The maximum Gasteiger partial charge on any atom is 0.335 e. The van der Waals surface area contributed by atoms with Crippen molar-refractivity contribution in [3.63, 3.8) is 0 Å². The van der Waals surface area contributed by atoms with Gasteiger partial charge in [-0.3, -0.25) is 4.79 Å². The number of aromatic carboxylic acids is 1. The van der Waals surface area contributed by atoms with E-state index in [4.69, 9.17) is 11.6 Å². The Kier molecular flexibility index (Phi) is 4.23. The first kappa shape index (κ1) is 17.1. The van der Waals surface area contributed by atoms with Gasteiger partial charge in [-0.05, 0) is 60.6 Å². The van der Waals surface area contributed by atoms with E-state index in [1.807, 2.05) is 35.2 Å². The lowest BCUT2D eigenvalue weighted by molar-refractivity contribution is -0.138. The van der Waals surface area contributed by atoms with E-state index in [0.29, 0.717) is 24.5 Å². The summed E-state index contributed by atoms with van der Waals surface area (Å²) in [5, 5.41) is 9.91. The molecule has 5 heteroatoms. The summed E-state index contributed by atoms with van der Waals surface area (Å²) in [7, 11) is 0. The molecule has 0 aromatic heterocycles. The minimum absolute atomic E-state index is 0.170. The molecular formula is C21H20ClNO3. The van der Waals surface area contributed by atoms with Gasteiger partial charge >= 0.3 is 5.97 Å². The van der Waals surface area contributed by atoms with Gasteiger partial charge in [0.15, 0.2) is 0 Å². The van der Waals surface area contributed by atoms with Gasteiger partial charge in [0.05, 0.1) is 11.0 Å². The maximum absolute atomic E-state index is 13.2. The average molecular weight is 370 g/mol. The summed E-state index contributed by atoms with van der Waals surface area (Å²) >= 11 is 6.28. The molecule has 2 aliphatic rings. The van der Waals surface area contributed by atoms with E-state index in [9.17, 15) is 14.7 Å². The Morgan fingerprint density at radius 3 is 2.58 bits per heavy atom. The van der Waals surface area contributed by atoms with E-state index in [1.165, 1.54) is 0 Å². The van der Waals surface area contributed by atoms with E-state index in [1.54, 1.807) is 12.1 Å². The van der Waals surface area contributed by atoms with Crippen molar-refractivity contribution in [2.24, 2.45) is 5.41 Å². The van der Waals surface area contributed by atoms with Crippen LogP contribution in [0.3, 0.4) is 0 Å². The fourth-order valence-electron chi connectivity index (χ4n) is 3.82. The molecule has 2 aromatic carbocycles. The first-order chi connectivity index (χ1) is 12.5. The molecule has 1 saturated carbocycles. The van der Waals surface area contributed by atoms with Crippen molar-refractivity contribution < 1.29 is 14.7 Å². The average Bonchev–Trinajstić information content (AvgIpc) is 3.43. The first-order valence-electron chi connectivity index (χ1n) is 8.86. The molecule has 4 rings (SSSR count). The Morgan fingerprint density at radius 1 is 1.12 bits per heavy atom. The third kappa shape index (κ3) is 3.10. The van der Waals surface area contributed by atoms with E-state index in [-0.39, 0.29) is 16.9 Å². The fourth-order valence-corrected chi connectivity index (χ4v) is 4.02. The molecule has 1 aliphatic carbocycles. The SMILES string of the molecule is O=C(O)c1ccc2c(c1)CN(C(=O)C1(Cc3ccccc3Cl)CC1)CC2. The number of amides is 1. The second-order valence-electron chi connectivity index (χ2n) is 7.31. The molecule has 0 spiro atoms. The Bertz CT molecular complexity index is 889. The van der Waals surface area contributed by atoms with Crippen LogP contribution in [0.15, 0.2) is 42.5 Å². The number of rotatable bonds is 4. The van der Waals surface area contributed by atoms with Crippen LogP contribution in [0, 0.1) is 5.41 Å². The van der Waals surface area contributed by atoms with E-state index < -0.39 is 5.97 Å². The first-order valence-corrected chi connectivity index (χ1v) is 9.24. The van der Waals surface area contributed by atoms with Crippen molar-refractivity contribution in [2.45, 2.75) is 32.2 Å². The number of carbonyl (C=O) groups excluding carboxylic acids is 1. The van der Waals surface area contributed by atoms with Crippen molar-refractivity contribution in [1.29, 1.82) is 0 Å². The van der Waals surface area contributed by atoms with Gasteiger partial charge in [-0.15, -0.1) is 0 Å². The van der Waals surface area contributed by atoms with Crippen molar-refractivity contribution in [1.82, 2.24) is 4.90 Å². The predicted molar refractivity (Wildman–Crippen MR) is 99.3 cm³/mol. The Hall–Kier alpha value is -2.33. The molecule has 0 unspecified atom stereocenters. The molecular weight excluding hydrogens is 350 g/mol. The normalized spacial score (nSPS) is 17.5. The van der Waals surface area contributed by atoms with Crippen LogP contribution >= 0.6 is 11.6 Å². The number of hydrogen-bond donors (Lipinski definition) is 1. The van der Waals surface area contributed by atoms with Crippen LogP contribution in [0.25, 0.3) is 0 Å². The molecule has 0 bridgehead atoms. The molecule has 1 fully saturated rings. The number of benzene rings is 2. The summed E-state index contributed by atoms with van der Waals surface area (Å²) in [5.41, 5.74) is 3.03. The number of fused-ring (bicyclic) bond motifs is 1. The number of carboxylic acids is 1. The molecule has 1 N–H and O–H groups in total. The minimum atomic E-state index is -0.936. The molecule has 0 radical (unpaired) electrons. The smallest absolute Gasteiger partial charge is 0.335 e. The molecule has 0 saturated heterocycles. The quantitative estimate of drug-likeness (QED) is 0.887. The highest BCUT2D eigenvalue weighted by Gasteiger charge is 2.51. The molecule has 4 nitrogen and oxygen atoms in total. The van der Waals surface area contributed by atoms with Crippen LogP contribution in [0.2, 0.25) is 5.02 Å². The summed E-state index contributed by atoms with van der Waals surface area (Å²) < 4.78 is 0. The molecule has 0 atom stereocenters. The Labute approximate surface area is 157 Å². The highest BCUT2D eigenvalue weighted by atomic mass is 35.5. The van der Waals surface area contributed by atoms with Gasteiger partial charge in [0.25, 0.3) is 0 Å². The maximum atomic E-state index is 13.2. The topological polar surface area (TPSA) is 57.6 Å². The molecule has 26 heavy (non-hydrogen) atoms. The lowest BCUT2D eigenvalue weighted by Gasteiger charge is -2.32. The van der Waals surface area contributed by atoms with Crippen molar-refractivity contribution in [3.8, 4) is 0 Å². The van der Waals surface area contributed by atoms with Gasteiger partial charge in [0.1, 0.15) is 0 Å².